The minimum Gasteiger partial charge on any atom is -0.322 e. The van der Waals surface area contributed by atoms with Crippen LogP contribution in [0.2, 0.25) is 5.02 Å². The Hall–Kier alpha value is -1.18. The van der Waals surface area contributed by atoms with Gasteiger partial charge in [-0.05, 0) is 19.1 Å². The van der Waals surface area contributed by atoms with Crippen molar-refractivity contribution >= 4 is 54.6 Å². The van der Waals surface area contributed by atoms with Gasteiger partial charge in [0, 0.05) is 6.26 Å². The lowest BCUT2D eigenvalue weighted by molar-refractivity contribution is -0.115. The third-order valence-electron chi connectivity index (χ3n) is 2.71. The zero-order valence-corrected chi connectivity index (χ0v) is 12.6. The number of anilines is 1. The molecule has 19 heavy (non-hydrogen) atoms. The maximum atomic E-state index is 11.9. The summed E-state index contributed by atoms with van der Waals surface area (Å²) in [6.07, 6.45) is 1.02. The first-order chi connectivity index (χ1) is 8.80. The molecule has 5 nitrogen and oxygen atoms in total. The van der Waals surface area contributed by atoms with E-state index in [2.05, 4.69) is 10.3 Å². The number of fused-ring (bicyclic) bond motifs is 1. The van der Waals surface area contributed by atoms with Crippen molar-refractivity contribution in [2.24, 2.45) is 0 Å². The van der Waals surface area contributed by atoms with Gasteiger partial charge < -0.3 is 5.32 Å². The van der Waals surface area contributed by atoms with Gasteiger partial charge in [-0.1, -0.05) is 11.6 Å². The normalized spacial score (nSPS) is 13.4. The highest BCUT2D eigenvalue weighted by molar-refractivity contribution is 7.92. The first-order valence-corrected chi connectivity index (χ1v) is 8.53. The van der Waals surface area contributed by atoms with E-state index in [4.69, 9.17) is 11.6 Å². The fraction of sp³-hybridized carbons (Fsp3) is 0.273. The number of benzene rings is 1. The van der Waals surface area contributed by atoms with Gasteiger partial charge in [-0.25, -0.2) is 13.4 Å². The summed E-state index contributed by atoms with van der Waals surface area (Å²) >= 11 is 7.44. The van der Waals surface area contributed by atoms with Crippen molar-refractivity contribution in [3.05, 3.63) is 22.7 Å². The molecule has 0 fully saturated rings. The maximum absolute atomic E-state index is 11.9. The molecule has 0 bridgehead atoms. The van der Waals surface area contributed by atoms with Crippen LogP contribution in [0.5, 0.6) is 0 Å². The molecule has 0 saturated carbocycles. The molecule has 0 aliphatic heterocycles. The molecule has 1 atom stereocenters. The van der Waals surface area contributed by atoms with Crippen molar-refractivity contribution < 1.29 is 13.2 Å². The molecular formula is C11H11ClN2O3S2. The van der Waals surface area contributed by atoms with Crippen LogP contribution in [0, 0.1) is 0 Å². The first-order valence-electron chi connectivity index (χ1n) is 5.32. The predicted octanol–water partition coefficient (Wildman–Crippen LogP) is 2.32. The van der Waals surface area contributed by atoms with Crippen LogP contribution in [0.4, 0.5) is 5.69 Å². The quantitative estimate of drug-likeness (QED) is 0.942. The number of thiazole rings is 1. The molecule has 0 radical (unpaired) electrons. The lowest BCUT2D eigenvalue weighted by Gasteiger charge is -2.12. The van der Waals surface area contributed by atoms with Crippen LogP contribution in [0.1, 0.15) is 6.92 Å². The number of hydrogen-bond acceptors (Lipinski definition) is 5. The lowest BCUT2D eigenvalue weighted by Crippen LogP contribution is -2.31. The summed E-state index contributed by atoms with van der Waals surface area (Å²) in [4.78, 5) is 16.0. The van der Waals surface area contributed by atoms with Gasteiger partial charge in [-0.15, -0.1) is 11.3 Å². The molecule has 2 aromatic rings. The number of nitrogens with zero attached hydrogens (tertiary/aromatic N) is 1. The SMILES string of the molecule is C[C@H](C(=O)Nc1c(Cl)ccc2scnc12)S(C)(=O)=O. The van der Waals surface area contributed by atoms with E-state index in [0.717, 1.165) is 11.0 Å². The fourth-order valence-electron chi connectivity index (χ4n) is 1.44. The smallest absolute Gasteiger partial charge is 0.242 e. The van der Waals surface area contributed by atoms with Gasteiger partial charge in [0.1, 0.15) is 10.8 Å². The minimum absolute atomic E-state index is 0.326. The Bertz CT molecular complexity index is 739. The fourth-order valence-corrected chi connectivity index (χ4v) is 2.78. The van der Waals surface area contributed by atoms with Crippen molar-refractivity contribution in [3.8, 4) is 0 Å². The van der Waals surface area contributed by atoms with Gasteiger partial charge in [-0.2, -0.15) is 0 Å². The van der Waals surface area contributed by atoms with E-state index < -0.39 is 21.0 Å². The van der Waals surface area contributed by atoms with Gasteiger partial charge in [0.25, 0.3) is 0 Å². The summed E-state index contributed by atoms with van der Waals surface area (Å²) in [6, 6.07) is 3.44. The highest BCUT2D eigenvalue weighted by Gasteiger charge is 2.25. The van der Waals surface area contributed by atoms with Gasteiger partial charge in [0.05, 0.1) is 20.9 Å². The highest BCUT2D eigenvalue weighted by atomic mass is 35.5. The number of aromatic nitrogens is 1. The van der Waals surface area contributed by atoms with Crippen molar-refractivity contribution in [1.29, 1.82) is 0 Å². The summed E-state index contributed by atoms with van der Waals surface area (Å²) < 4.78 is 23.6. The molecule has 8 heteroatoms. The van der Waals surface area contributed by atoms with E-state index in [1.807, 2.05) is 0 Å². The number of halogens is 1. The number of carbonyl (C=O) groups is 1. The Morgan fingerprint density at radius 1 is 1.47 bits per heavy atom. The van der Waals surface area contributed by atoms with E-state index in [1.54, 1.807) is 17.6 Å². The maximum Gasteiger partial charge on any atom is 0.242 e. The molecule has 1 aromatic heterocycles. The number of hydrogen-bond donors (Lipinski definition) is 1. The third kappa shape index (κ3) is 2.88. The van der Waals surface area contributed by atoms with E-state index in [1.165, 1.54) is 18.3 Å². The molecule has 0 saturated heterocycles. The second-order valence-electron chi connectivity index (χ2n) is 4.08. The standard InChI is InChI=1S/C11H11ClN2O3S2/c1-6(19(2,16)17)11(15)14-9-7(12)3-4-8-10(9)13-5-18-8/h3-6H,1-2H3,(H,14,15)/t6-/m1/s1. The van der Waals surface area contributed by atoms with Crippen LogP contribution in [0.25, 0.3) is 10.2 Å². The van der Waals surface area contributed by atoms with Gasteiger partial charge in [-0.3, -0.25) is 4.79 Å². The average molecular weight is 319 g/mol. The monoisotopic (exact) mass is 318 g/mol. The van der Waals surface area contributed by atoms with E-state index in [-0.39, 0.29) is 0 Å². The van der Waals surface area contributed by atoms with Crippen LogP contribution in [-0.2, 0) is 14.6 Å². The number of rotatable bonds is 3. The van der Waals surface area contributed by atoms with Crippen LogP contribution in [0.3, 0.4) is 0 Å². The molecule has 0 spiro atoms. The predicted molar refractivity (Wildman–Crippen MR) is 77.6 cm³/mol. The second kappa shape index (κ2) is 5.07. The molecule has 1 amide bonds. The Labute approximate surface area is 119 Å². The van der Waals surface area contributed by atoms with Crippen molar-refractivity contribution in [1.82, 2.24) is 4.98 Å². The molecule has 2 rings (SSSR count). The largest absolute Gasteiger partial charge is 0.322 e. The number of carbonyl (C=O) groups excluding carboxylic acids is 1. The van der Waals surface area contributed by atoms with Crippen molar-refractivity contribution in [3.63, 3.8) is 0 Å². The Balaban J connectivity index is 2.39. The Kier molecular flexibility index (Phi) is 3.80. The highest BCUT2D eigenvalue weighted by Crippen LogP contribution is 2.32. The zero-order chi connectivity index (χ0) is 14.2. The molecule has 1 N–H and O–H groups in total. The Morgan fingerprint density at radius 3 is 2.79 bits per heavy atom. The average Bonchev–Trinajstić information content (AvgIpc) is 2.78. The summed E-state index contributed by atoms with van der Waals surface area (Å²) in [7, 11) is -3.45. The molecule has 102 valence electrons. The van der Waals surface area contributed by atoms with Gasteiger partial charge in [0.2, 0.25) is 5.91 Å². The minimum atomic E-state index is -3.45. The molecule has 0 unspecified atom stereocenters. The molecule has 0 aliphatic carbocycles. The second-order valence-corrected chi connectivity index (χ2v) is 7.74. The summed E-state index contributed by atoms with van der Waals surface area (Å²) in [5.74, 6) is -0.620. The van der Waals surface area contributed by atoms with Crippen molar-refractivity contribution in [2.45, 2.75) is 12.2 Å². The molecule has 1 aromatic carbocycles. The molecule has 0 aliphatic rings. The number of amides is 1. The van der Waals surface area contributed by atoms with Crippen LogP contribution < -0.4 is 5.32 Å². The zero-order valence-electron chi connectivity index (χ0n) is 10.2. The topological polar surface area (TPSA) is 76.1 Å². The van der Waals surface area contributed by atoms with Gasteiger partial charge in [0.15, 0.2) is 9.84 Å². The summed E-state index contributed by atoms with van der Waals surface area (Å²) in [5.41, 5.74) is 2.55. The van der Waals surface area contributed by atoms with Crippen molar-refractivity contribution in [2.75, 3.05) is 11.6 Å². The lowest BCUT2D eigenvalue weighted by atomic mass is 10.2. The van der Waals surface area contributed by atoms with E-state index in [9.17, 15) is 13.2 Å². The first kappa shape index (κ1) is 14.2. The third-order valence-corrected chi connectivity index (χ3v) is 5.32. The number of nitrogens with one attached hydrogen (secondary N) is 1. The Morgan fingerprint density at radius 2 is 2.16 bits per heavy atom. The summed E-state index contributed by atoms with van der Waals surface area (Å²) in [6.45, 7) is 1.33. The van der Waals surface area contributed by atoms with Gasteiger partial charge >= 0.3 is 0 Å². The van der Waals surface area contributed by atoms with E-state index in [0.29, 0.717) is 16.2 Å². The van der Waals surface area contributed by atoms with Crippen LogP contribution >= 0.6 is 22.9 Å². The van der Waals surface area contributed by atoms with Crippen LogP contribution in [0.15, 0.2) is 17.6 Å². The summed E-state index contributed by atoms with van der Waals surface area (Å²) in [5, 5.41) is 1.72. The number of sulfone groups is 1. The van der Waals surface area contributed by atoms with Crippen LogP contribution in [-0.4, -0.2) is 30.8 Å². The molecular weight excluding hydrogens is 308 g/mol. The molecule has 1 heterocycles. The van der Waals surface area contributed by atoms with E-state index >= 15 is 0 Å².